The van der Waals surface area contributed by atoms with Crippen LogP contribution < -0.4 is 0 Å². The van der Waals surface area contributed by atoms with Gasteiger partial charge in [-0.3, -0.25) is 14.4 Å². The zero-order chi connectivity index (χ0) is 19.3. The molecule has 0 saturated carbocycles. The van der Waals surface area contributed by atoms with E-state index < -0.39 is 12.0 Å². The molecule has 0 fully saturated rings. The van der Waals surface area contributed by atoms with Gasteiger partial charge in [0.05, 0.1) is 12.1 Å². The van der Waals surface area contributed by atoms with Gasteiger partial charge in [-0.25, -0.2) is 0 Å². The first-order valence-electron chi connectivity index (χ1n) is 8.48. The summed E-state index contributed by atoms with van der Waals surface area (Å²) >= 11 is 1.62. The van der Waals surface area contributed by atoms with Gasteiger partial charge in [0.2, 0.25) is 0 Å². The number of aromatic nitrogens is 3. The molecule has 0 unspecified atom stereocenters. The molecule has 138 valence electrons. The van der Waals surface area contributed by atoms with E-state index >= 15 is 0 Å². The van der Waals surface area contributed by atoms with Crippen LogP contribution in [0.2, 0.25) is 0 Å². The molecule has 2 aromatic heterocycles. The van der Waals surface area contributed by atoms with Gasteiger partial charge in [-0.2, -0.15) is 0 Å². The number of carboxylic acids is 1. The number of carboxylic acid groups (broad SMARTS) is 1. The molecule has 0 spiro atoms. The van der Waals surface area contributed by atoms with Crippen molar-refractivity contribution in [3.05, 3.63) is 57.5 Å². The summed E-state index contributed by atoms with van der Waals surface area (Å²) in [5.41, 5.74) is 3.58. The summed E-state index contributed by atoms with van der Waals surface area (Å²) in [4.78, 5) is 17.4. The summed E-state index contributed by atoms with van der Waals surface area (Å²) in [5.74, 6) is 0.455. The molecule has 27 heavy (non-hydrogen) atoms. The SMILES string of the molecule is Cc1sc2c(c1C)C(c1ccc(O)cc1)=N[C@@H](CC(=O)O)c1nnc(C)n1-2. The van der Waals surface area contributed by atoms with E-state index in [1.54, 1.807) is 35.6 Å². The molecular formula is C19H18N4O3S. The number of aliphatic imine (C=N–C) groups is 1. The van der Waals surface area contributed by atoms with E-state index in [-0.39, 0.29) is 12.2 Å². The summed E-state index contributed by atoms with van der Waals surface area (Å²) < 4.78 is 1.92. The lowest BCUT2D eigenvalue weighted by molar-refractivity contribution is -0.137. The number of fused-ring (bicyclic) bond motifs is 3. The molecule has 1 aromatic carbocycles. The fourth-order valence-corrected chi connectivity index (χ4v) is 4.52. The van der Waals surface area contributed by atoms with Gasteiger partial charge < -0.3 is 10.2 Å². The minimum atomic E-state index is -0.945. The molecule has 3 heterocycles. The highest BCUT2D eigenvalue weighted by atomic mass is 32.1. The Bertz CT molecular complexity index is 1080. The maximum Gasteiger partial charge on any atom is 0.306 e. The highest BCUT2D eigenvalue weighted by Gasteiger charge is 2.32. The van der Waals surface area contributed by atoms with E-state index in [1.165, 1.54) is 0 Å². The normalized spacial score (nSPS) is 15.7. The van der Waals surface area contributed by atoms with Crippen molar-refractivity contribution < 1.29 is 15.0 Å². The molecule has 1 aliphatic heterocycles. The molecule has 4 rings (SSSR count). The Labute approximate surface area is 159 Å². The van der Waals surface area contributed by atoms with Crippen LogP contribution in [0.25, 0.3) is 5.00 Å². The molecule has 0 saturated heterocycles. The summed E-state index contributed by atoms with van der Waals surface area (Å²) in [6.45, 7) is 5.95. The second-order valence-electron chi connectivity index (χ2n) is 6.54. The highest BCUT2D eigenvalue weighted by Crippen LogP contribution is 2.39. The third-order valence-corrected chi connectivity index (χ3v) is 5.94. The number of phenolic OH excluding ortho intramolecular Hbond substituents is 1. The zero-order valence-corrected chi connectivity index (χ0v) is 15.9. The van der Waals surface area contributed by atoms with Crippen molar-refractivity contribution >= 4 is 23.0 Å². The number of rotatable bonds is 3. The van der Waals surface area contributed by atoms with Crippen LogP contribution in [0.15, 0.2) is 29.3 Å². The van der Waals surface area contributed by atoms with Crippen LogP contribution in [0.5, 0.6) is 5.75 Å². The highest BCUT2D eigenvalue weighted by molar-refractivity contribution is 7.15. The van der Waals surface area contributed by atoms with Crippen molar-refractivity contribution in [2.45, 2.75) is 33.2 Å². The number of hydrogen-bond donors (Lipinski definition) is 2. The topological polar surface area (TPSA) is 101 Å². The molecular weight excluding hydrogens is 364 g/mol. The van der Waals surface area contributed by atoms with Crippen molar-refractivity contribution in [3.63, 3.8) is 0 Å². The lowest BCUT2D eigenvalue weighted by atomic mass is 9.99. The van der Waals surface area contributed by atoms with Crippen LogP contribution >= 0.6 is 11.3 Å². The van der Waals surface area contributed by atoms with Gasteiger partial charge in [0, 0.05) is 16.0 Å². The first kappa shape index (κ1) is 17.4. The number of carbonyl (C=O) groups is 1. The van der Waals surface area contributed by atoms with Gasteiger partial charge in [-0.15, -0.1) is 21.5 Å². The molecule has 8 heteroatoms. The largest absolute Gasteiger partial charge is 0.508 e. The number of thiophene rings is 1. The van der Waals surface area contributed by atoms with E-state index in [9.17, 15) is 15.0 Å². The third-order valence-electron chi connectivity index (χ3n) is 4.75. The van der Waals surface area contributed by atoms with E-state index in [0.29, 0.717) is 17.4 Å². The molecule has 0 bridgehead atoms. The quantitative estimate of drug-likeness (QED) is 0.724. The van der Waals surface area contributed by atoms with E-state index in [2.05, 4.69) is 17.1 Å². The summed E-state index contributed by atoms with van der Waals surface area (Å²) in [5, 5.41) is 28.4. The monoisotopic (exact) mass is 382 g/mol. The first-order valence-corrected chi connectivity index (χ1v) is 9.30. The standard InChI is InChI=1S/C19H18N4O3S/c1-9-10(2)27-19-16(9)17(12-4-6-13(24)7-5-12)20-14(8-15(25)26)18-22-21-11(3)23(18)19/h4-7,14,24H,8H2,1-3H3,(H,25,26)/t14-/m0/s1. The van der Waals surface area contributed by atoms with Crippen LogP contribution in [-0.2, 0) is 4.79 Å². The maximum absolute atomic E-state index is 11.5. The van der Waals surface area contributed by atoms with E-state index in [4.69, 9.17) is 4.99 Å². The Kier molecular flexibility index (Phi) is 4.07. The smallest absolute Gasteiger partial charge is 0.306 e. The first-order chi connectivity index (χ1) is 12.9. The van der Waals surface area contributed by atoms with Crippen LogP contribution in [0.3, 0.4) is 0 Å². The minimum Gasteiger partial charge on any atom is -0.508 e. The summed E-state index contributed by atoms with van der Waals surface area (Å²) in [7, 11) is 0. The van der Waals surface area contributed by atoms with Crippen LogP contribution in [0.1, 0.15) is 45.7 Å². The number of aliphatic carboxylic acids is 1. The summed E-state index contributed by atoms with van der Waals surface area (Å²) in [6.07, 6.45) is -0.174. The van der Waals surface area contributed by atoms with Gasteiger partial charge in [-0.05, 0) is 50.6 Å². The lowest BCUT2D eigenvalue weighted by Crippen LogP contribution is -2.10. The van der Waals surface area contributed by atoms with Gasteiger partial charge in [-0.1, -0.05) is 0 Å². The lowest BCUT2D eigenvalue weighted by Gasteiger charge is -2.10. The van der Waals surface area contributed by atoms with Crippen LogP contribution in [0.4, 0.5) is 0 Å². The molecule has 0 radical (unpaired) electrons. The second kappa shape index (κ2) is 6.31. The fourth-order valence-electron chi connectivity index (χ4n) is 3.31. The summed E-state index contributed by atoms with van der Waals surface area (Å²) in [6, 6.07) is 6.15. The van der Waals surface area contributed by atoms with Gasteiger partial charge in [0.1, 0.15) is 22.6 Å². The van der Waals surface area contributed by atoms with Crippen molar-refractivity contribution in [2.75, 3.05) is 0 Å². The third kappa shape index (κ3) is 2.82. The maximum atomic E-state index is 11.5. The number of nitrogens with zero attached hydrogens (tertiary/aromatic N) is 4. The number of benzene rings is 1. The van der Waals surface area contributed by atoms with Gasteiger partial charge in [0.25, 0.3) is 0 Å². The van der Waals surface area contributed by atoms with Crippen molar-refractivity contribution in [1.29, 1.82) is 0 Å². The average molecular weight is 382 g/mol. The predicted octanol–water partition coefficient (Wildman–Crippen LogP) is 3.33. The molecule has 0 aliphatic carbocycles. The molecule has 1 aliphatic rings. The van der Waals surface area contributed by atoms with E-state index in [1.807, 2.05) is 18.4 Å². The molecule has 7 nitrogen and oxygen atoms in total. The van der Waals surface area contributed by atoms with Crippen LogP contribution in [-0.4, -0.2) is 36.7 Å². The van der Waals surface area contributed by atoms with Gasteiger partial charge in [0.15, 0.2) is 5.82 Å². The molecule has 1 atom stereocenters. The second-order valence-corrected chi connectivity index (χ2v) is 7.75. The molecule has 0 amide bonds. The van der Waals surface area contributed by atoms with E-state index in [0.717, 1.165) is 26.6 Å². The Balaban J connectivity index is 2.04. The average Bonchev–Trinajstić information content (AvgIpc) is 3.08. The Morgan fingerprint density at radius 2 is 1.89 bits per heavy atom. The number of hydrogen-bond acceptors (Lipinski definition) is 6. The number of aryl methyl sites for hydroxylation is 2. The Hall–Kier alpha value is -3.00. The Morgan fingerprint density at radius 1 is 1.19 bits per heavy atom. The van der Waals surface area contributed by atoms with Crippen LogP contribution in [0, 0.1) is 20.8 Å². The van der Waals surface area contributed by atoms with Crippen molar-refractivity contribution in [3.8, 4) is 10.8 Å². The van der Waals surface area contributed by atoms with Gasteiger partial charge >= 0.3 is 5.97 Å². The van der Waals surface area contributed by atoms with Crippen molar-refractivity contribution in [2.24, 2.45) is 4.99 Å². The number of aromatic hydroxyl groups is 1. The fraction of sp³-hybridized carbons (Fsp3) is 0.263. The molecule has 2 N–H and O–H groups in total. The Morgan fingerprint density at radius 3 is 2.56 bits per heavy atom. The minimum absolute atomic E-state index is 0.168. The zero-order valence-electron chi connectivity index (χ0n) is 15.1. The van der Waals surface area contributed by atoms with Crippen molar-refractivity contribution in [1.82, 2.24) is 14.8 Å². The predicted molar refractivity (Wildman–Crippen MR) is 102 cm³/mol. The number of phenols is 1. The molecule has 3 aromatic rings.